The number of aryl methyl sites for hydroxylation is 1. The fourth-order valence-corrected chi connectivity index (χ4v) is 2.12. The molecule has 0 unspecified atom stereocenters. The average Bonchev–Trinajstić information content (AvgIpc) is 2.52. The van der Waals surface area contributed by atoms with Crippen molar-refractivity contribution in [1.82, 2.24) is 5.32 Å². The van der Waals surface area contributed by atoms with Gasteiger partial charge in [0.25, 0.3) is 0 Å². The monoisotopic (exact) mass is 305 g/mol. The van der Waals surface area contributed by atoms with Crippen molar-refractivity contribution < 1.29 is 18.3 Å². The summed E-state index contributed by atoms with van der Waals surface area (Å²) in [5, 5.41) is 2.68. The van der Waals surface area contributed by atoms with Crippen LogP contribution in [0.4, 0.5) is 8.78 Å². The number of halogens is 2. The van der Waals surface area contributed by atoms with Gasteiger partial charge < -0.3 is 10.1 Å². The minimum Gasteiger partial charge on any atom is -0.496 e. The van der Waals surface area contributed by atoms with Crippen molar-refractivity contribution in [2.45, 2.75) is 19.4 Å². The number of rotatable bonds is 6. The molecule has 3 nitrogen and oxygen atoms in total. The molecule has 5 heteroatoms. The van der Waals surface area contributed by atoms with Gasteiger partial charge in [-0.15, -0.1) is 0 Å². The summed E-state index contributed by atoms with van der Waals surface area (Å²) < 4.78 is 31.8. The second-order valence-electron chi connectivity index (χ2n) is 4.82. The molecular weight excluding hydrogens is 288 g/mol. The van der Waals surface area contributed by atoms with Crippen LogP contribution in [0.15, 0.2) is 42.5 Å². The first-order valence-corrected chi connectivity index (χ1v) is 6.92. The van der Waals surface area contributed by atoms with Crippen LogP contribution < -0.4 is 10.1 Å². The van der Waals surface area contributed by atoms with Crippen LogP contribution in [0, 0.1) is 11.6 Å². The van der Waals surface area contributed by atoms with Crippen molar-refractivity contribution in [2.75, 3.05) is 7.11 Å². The summed E-state index contributed by atoms with van der Waals surface area (Å²) in [7, 11) is 1.48. The molecule has 0 aliphatic rings. The molecule has 0 bridgehead atoms. The molecule has 2 aromatic carbocycles. The maximum atomic E-state index is 13.4. The molecule has 1 amide bonds. The molecule has 116 valence electrons. The molecule has 0 saturated heterocycles. The quantitative estimate of drug-likeness (QED) is 0.890. The number of amides is 1. The third-order valence-electron chi connectivity index (χ3n) is 3.30. The van der Waals surface area contributed by atoms with E-state index < -0.39 is 5.82 Å². The van der Waals surface area contributed by atoms with Gasteiger partial charge in [0.15, 0.2) is 0 Å². The highest BCUT2D eigenvalue weighted by Gasteiger charge is 2.08. The van der Waals surface area contributed by atoms with Crippen LogP contribution in [-0.4, -0.2) is 13.0 Å². The Hall–Kier alpha value is -2.43. The number of carbonyl (C=O) groups is 1. The predicted molar refractivity (Wildman–Crippen MR) is 79.5 cm³/mol. The topological polar surface area (TPSA) is 38.3 Å². The van der Waals surface area contributed by atoms with Crippen LogP contribution in [0.3, 0.4) is 0 Å². The highest BCUT2D eigenvalue weighted by Crippen LogP contribution is 2.19. The first-order valence-electron chi connectivity index (χ1n) is 6.92. The molecule has 0 atom stereocenters. The van der Waals surface area contributed by atoms with E-state index in [9.17, 15) is 13.6 Å². The van der Waals surface area contributed by atoms with E-state index >= 15 is 0 Å². The largest absolute Gasteiger partial charge is 0.496 e. The summed E-state index contributed by atoms with van der Waals surface area (Å²) in [6.45, 7) is 0.164. The SMILES string of the molecule is COc1ccc(F)cc1CNC(=O)CCc1ccccc1F. The molecule has 0 spiro atoms. The van der Waals surface area contributed by atoms with Crippen LogP contribution in [0.2, 0.25) is 0 Å². The van der Waals surface area contributed by atoms with Gasteiger partial charge in [-0.3, -0.25) is 4.79 Å². The van der Waals surface area contributed by atoms with Crippen LogP contribution in [0.1, 0.15) is 17.5 Å². The Kier molecular flexibility index (Phi) is 5.47. The van der Waals surface area contributed by atoms with Gasteiger partial charge >= 0.3 is 0 Å². The van der Waals surface area contributed by atoms with E-state index in [0.29, 0.717) is 23.3 Å². The van der Waals surface area contributed by atoms with Crippen LogP contribution >= 0.6 is 0 Å². The zero-order valence-electron chi connectivity index (χ0n) is 12.2. The zero-order chi connectivity index (χ0) is 15.9. The molecule has 0 aliphatic heterocycles. The number of hydrogen-bond acceptors (Lipinski definition) is 2. The Morgan fingerprint density at radius 2 is 1.91 bits per heavy atom. The Morgan fingerprint density at radius 1 is 1.14 bits per heavy atom. The predicted octanol–water partition coefficient (Wildman–Crippen LogP) is 3.22. The second-order valence-corrected chi connectivity index (χ2v) is 4.82. The minimum absolute atomic E-state index is 0.164. The molecule has 0 aromatic heterocycles. The lowest BCUT2D eigenvalue weighted by Gasteiger charge is -2.10. The highest BCUT2D eigenvalue weighted by atomic mass is 19.1. The van der Waals surface area contributed by atoms with Gasteiger partial charge in [0, 0.05) is 18.5 Å². The number of carbonyl (C=O) groups excluding carboxylic acids is 1. The van der Waals surface area contributed by atoms with Gasteiger partial charge in [-0.2, -0.15) is 0 Å². The average molecular weight is 305 g/mol. The lowest BCUT2D eigenvalue weighted by molar-refractivity contribution is -0.121. The van der Waals surface area contributed by atoms with Crippen LogP contribution in [-0.2, 0) is 17.8 Å². The number of nitrogens with one attached hydrogen (secondary N) is 1. The van der Waals surface area contributed by atoms with Crippen molar-refractivity contribution >= 4 is 5.91 Å². The summed E-state index contributed by atoms with van der Waals surface area (Å²) >= 11 is 0. The molecular formula is C17H17F2NO2. The molecule has 0 heterocycles. The van der Waals surface area contributed by atoms with Crippen molar-refractivity contribution in [3.63, 3.8) is 0 Å². The lowest BCUT2D eigenvalue weighted by atomic mass is 10.1. The van der Waals surface area contributed by atoms with Gasteiger partial charge in [-0.1, -0.05) is 18.2 Å². The first kappa shape index (κ1) is 15.9. The third-order valence-corrected chi connectivity index (χ3v) is 3.30. The summed E-state index contributed by atoms with van der Waals surface area (Å²) in [5.74, 6) is -0.427. The molecule has 0 radical (unpaired) electrons. The van der Waals surface area contributed by atoms with Gasteiger partial charge in [-0.05, 0) is 36.2 Å². The Morgan fingerprint density at radius 3 is 2.64 bits per heavy atom. The van der Waals surface area contributed by atoms with Gasteiger partial charge in [0.2, 0.25) is 5.91 Å². The highest BCUT2D eigenvalue weighted by molar-refractivity contribution is 5.76. The fraction of sp³-hybridized carbons (Fsp3) is 0.235. The minimum atomic E-state index is -0.392. The van der Waals surface area contributed by atoms with Gasteiger partial charge in [0.1, 0.15) is 17.4 Å². The molecule has 2 rings (SSSR count). The van der Waals surface area contributed by atoms with Crippen LogP contribution in [0.5, 0.6) is 5.75 Å². The fourth-order valence-electron chi connectivity index (χ4n) is 2.12. The standard InChI is InChI=1S/C17H17F2NO2/c1-22-16-8-7-14(18)10-13(16)11-20-17(21)9-6-12-4-2-3-5-15(12)19/h2-5,7-8,10H,6,9,11H2,1H3,(H,20,21). The Balaban J connectivity index is 1.88. The maximum Gasteiger partial charge on any atom is 0.220 e. The molecule has 2 aromatic rings. The van der Waals surface area contributed by atoms with E-state index in [1.165, 1.54) is 31.4 Å². The Labute approximate surface area is 127 Å². The smallest absolute Gasteiger partial charge is 0.220 e. The molecule has 22 heavy (non-hydrogen) atoms. The van der Waals surface area contributed by atoms with E-state index in [2.05, 4.69) is 5.32 Å². The van der Waals surface area contributed by atoms with Crippen molar-refractivity contribution in [1.29, 1.82) is 0 Å². The van der Waals surface area contributed by atoms with Crippen molar-refractivity contribution in [3.05, 3.63) is 65.2 Å². The maximum absolute atomic E-state index is 13.4. The number of methoxy groups -OCH3 is 1. The van der Waals surface area contributed by atoms with Gasteiger partial charge in [-0.25, -0.2) is 8.78 Å². The van der Waals surface area contributed by atoms with Crippen molar-refractivity contribution in [3.8, 4) is 5.75 Å². The Bertz CT molecular complexity index is 659. The summed E-state index contributed by atoms with van der Waals surface area (Å²) in [6.07, 6.45) is 0.483. The lowest BCUT2D eigenvalue weighted by Crippen LogP contribution is -2.23. The zero-order valence-corrected chi connectivity index (χ0v) is 12.2. The second kappa shape index (κ2) is 7.54. The summed E-state index contributed by atoms with van der Waals surface area (Å²) in [5.41, 5.74) is 1.06. The van der Waals surface area contributed by atoms with Crippen LogP contribution in [0.25, 0.3) is 0 Å². The molecule has 1 N–H and O–H groups in total. The summed E-state index contributed by atoms with van der Waals surface area (Å²) in [6, 6.07) is 10.5. The molecule has 0 saturated carbocycles. The number of hydrogen-bond donors (Lipinski definition) is 1. The van der Waals surface area contributed by atoms with E-state index in [-0.39, 0.29) is 24.7 Å². The third kappa shape index (κ3) is 4.28. The van der Waals surface area contributed by atoms with Gasteiger partial charge in [0.05, 0.1) is 7.11 Å². The summed E-state index contributed by atoms with van der Waals surface area (Å²) in [4.78, 5) is 11.8. The molecule has 0 fully saturated rings. The van der Waals surface area contributed by atoms with E-state index in [1.807, 2.05) is 0 Å². The van der Waals surface area contributed by atoms with E-state index in [0.717, 1.165) is 0 Å². The number of ether oxygens (including phenoxy) is 1. The normalized spacial score (nSPS) is 10.3. The van der Waals surface area contributed by atoms with E-state index in [4.69, 9.17) is 4.74 Å². The molecule has 0 aliphatic carbocycles. The first-order chi connectivity index (χ1) is 10.6. The number of benzene rings is 2. The van der Waals surface area contributed by atoms with Crippen molar-refractivity contribution in [2.24, 2.45) is 0 Å². The van der Waals surface area contributed by atoms with E-state index in [1.54, 1.807) is 18.2 Å².